The summed E-state index contributed by atoms with van der Waals surface area (Å²) in [6.45, 7) is 4.57. The van der Waals surface area contributed by atoms with Gasteiger partial charge in [-0.3, -0.25) is 9.59 Å². The number of hydrogen-bond acceptors (Lipinski definition) is 11. The molecule has 45 heavy (non-hydrogen) atoms. The third-order valence-electron chi connectivity index (χ3n) is 9.53. The first-order valence-electron chi connectivity index (χ1n) is 15.0. The number of aliphatic hydroxyl groups is 1. The lowest BCUT2D eigenvalue weighted by Gasteiger charge is -2.61. The van der Waals surface area contributed by atoms with E-state index < -0.39 is 59.2 Å². The van der Waals surface area contributed by atoms with E-state index in [9.17, 15) is 29.4 Å². The fourth-order valence-electron chi connectivity index (χ4n) is 7.38. The van der Waals surface area contributed by atoms with Crippen LogP contribution in [-0.2, 0) is 45.2 Å². The number of carbonyl (C=O) groups is 4. The first-order valence-corrected chi connectivity index (χ1v) is 15.0. The van der Waals surface area contributed by atoms with Gasteiger partial charge in [0, 0.05) is 30.5 Å². The molecule has 2 aromatic carbocycles. The highest BCUT2D eigenvalue weighted by Crippen LogP contribution is 2.65. The van der Waals surface area contributed by atoms with Crippen molar-refractivity contribution in [3.05, 3.63) is 71.0 Å². The van der Waals surface area contributed by atoms with Gasteiger partial charge in [0.15, 0.2) is 23.7 Å². The number of hydrogen-bond donors (Lipinski definition) is 3. The number of nitrogens with one attached hydrogen (secondary N) is 1. The molecule has 0 radical (unpaired) electrons. The molecular weight excluding hydrogens is 584 g/mol. The van der Waals surface area contributed by atoms with Gasteiger partial charge < -0.3 is 39.4 Å². The van der Waals surface area contributed by atoms with Crippen molar-refractivity contribution in [3.63, 3.8) is 0 Å². The molecule has 0 saturated carbocycles. The van der Waals surface area contributed by atoms with Crippen molar-refractivity contribution in [1.82, 2.24) is 10.2 Å². The first-order chi connectivity index (χ1) is 21.4. The van der Waals surface area contributed by atoms with E-state index in [-0.39, 0.29) is 29.7 Å². The number of phenolic OH excluding ortho intramolecular Hbond substituents is 1. The number of aromatic hydroxyl groups is 1. The smallest absolute Gasteiger partial charge is 0.352 e. The summed E-state index contributed by atoms with van der Waals surface area (Å²) in [6.07, 6.45) is -0.594. The largest absolute Gasteiger partial charge is 0.504 e. The molecule has 1 saturated heterocycles. The van der Waals surface area contributed by atoms with Crippen LogP contribution >= 0.6 is 0 Å². The molecule has 12 heteroatoms. The van der Waals surface area contributed by atoms with Crippen LogP contribution in [0.25, 0.3) is 0 Å². The van der Waals surface area contributed by atoms with E-state index >= 15 is 0 Å². The molecule has 2 heterocycles. The van der Waals surface area contributed by atoms with Crippen LogP contribution in [0.15, 0.2) is 54.3 Å². The Morgan fingerprint density at radius 1 is 1.07 bits per heavy atom. The molecule has 1 unspecified atom stereocenters. The first kappa shape index (κ1) is 30.6. The molecule has 1 amide bonds. The van der Waals surface area contributed by atoms with E-state index in [1.54, 1.807) is 42.5 Å². The number of carbonyl (C=O) groups excluding carboxylic acids is 4. The van der Waals surface area contributed by atoms with Gasteiger partial charge in [-0.05, 0) is 58.0 Å². The van der Waals surface area contributed by atoms with Crippen LogP contribution in [0.5, 0.6) is 11.5 Å². The van der Waals surface area contributed by atoms with Crippen molar-refractivity contribution in [3.8, 4) is 11.5 Å². The van der Waals surface area contributed by atoms with E-state index in [2.05, 4.69) is 10.2 Å². The van der Waals surface area contributed by atoms with Crippen LogP contribution in [0.1, 0.15) is 56.4 Å². The van der Waals surface area contributed by atoms with E-state index in [0.29, 0.717) is 24.9 Å². The standard InChI is InChI=1S/C33H36N2O10/c1-17(34-29(38)26(43-19(3)36)20-8-6-5-7-9-20)30(39)42-18(2)31(40)44-23-12-13-33(41)24-16-21-10-11-22(37)27-25(21)32(33,28(23)45-27)14-15-35(24)4/h5-12,17-18,24,26,28,37,41H,13-16H2,1-4H3,(H,34,38)/t17-,18?,24+,26-,28-,32-,33+/m0/s1. The summed E-state index contributed by atoms with van der Waals surface area (Å²) >= 11 is 0. The maximum atomic E-state index is 13.2. The molecule has 238 valence electrons. The number of rotatable bonds is 8. The van der Waals surface area contributed by atoms with Crippen LogP contribution in [0.2, 0.25) is 0 Å². The van der Waals surface area contributed by atoms with Gasteiger partial charge in [0.1, 0.15) is 11.8 Å². The Labute approximate surface area is 259 Å². The minimum atomic E-state index is -1.36. The lowest BCUT2D eigenvalue weighted by molar-refractivity contribution is -0.176. The molecule has 12 nitrogen and oxygen atoms in total. The second-order valence-corrected chi connectivity index (χ2v) is 12.2. The number of ether oxygens (including phenoxy) is 4. The van der Waals surface area contributed by atoms with E-state index in [4.69, 9.17) is 18.9 Å². The van der Waals surface area contributed by atoms with Crippen molar-refractivity contribution in [2.24, 2.45) is 0 Å². The van der Waals surface area contributed by atoms with Gasteiger partial charge >= 0.3 is 17.9 Å². The Balaban J connectivity index is 1.15. The lowest BCUT2D eigenvalue weighted by Crippen LogP contribution is -2.74. The molecule has 2 aliphatic carbocycles. The average molecular weight is 621 g/mol. The molecule has 2 aromatic rings. The molecule has 3 N–H and O–H groups in total. The molecule has 4 aliphatic rings. The summed E-state index contributed by atoms with van der Waals surface area (Å²) < 4.78 is 22.6. The number of likely N-dealkylation sites (N-methyl/N-ethyl adjacent to an activating group) is 1. The number of likely N-dealkylation sites (tertiary alicyclic amines) is 1. The maximum absolute atomic E-state index is 13.2. The molecule has 2 bridgehead atoms. The quantitative estimate of drug-likeness (QED) is 0.292. The Hall–Kier alpha value is -4.42. The fourth-order valence-corrected chi connectivity index (χ4v) is 7.38. The van der Waals surface area contributed by atoms with Crippen molar-refractivity contribution in [2.45, 2.75) is 81.4 Å². The number of esters is 3. The Bertz CT molecular complexity index is 1590. The Morgan fingerprint density at radius 3 is 2.51 bits per heavy atom. The number of nitrogens with zero attached hydrogens (tertiary/aromatic N) is 1. The summed E-state index contributed by atoms with van der Waals surface area (Å²) in [5, 5.41) is 25.4. The summed E-state index contributed by atoms with van der Waals surface area (Å²) in [7, 11) is 1.98. The van der Waals surface area contributed by atoms with Gasteiger partial charge in [-0.1, -0.05) is 36.4 Å². The predicted octanol–water partition coefficient (Wildman–Crippen LogP) is 1.95. The normalized spacial score (nSPS) is 27.9. The monoisotopic (exact) mass is 620 g/mol. The third kappa shape index (κ3) is 4.83. The van der Waals surface area contributed by atoms with Gasteiger partial charge in [-0.25, -0.2) is 9.59 Å². The molecule has 6 rings (SSSR count). The van der Waals surface area contributed by atoms with Gasteiger partial charge in [-0.2, -0.15) is 0 Å². The third-order valence-corrected chi connectivity index (χ3v) is 9.53. The highest BCUT2D eigenvalue weighted by Gasteiger charge is 2.72. The number of amides is 1. The van der Waals surface area contributed by atoms with Gasteiger partial charge in [0.05, 0.1) is 11.0 Å². The molecule has 1 spiro atoms. The predicted molar refractivity (Wildman–Crippen MR) is 157 cm³/mol. The van der Waals surface area contributed by atoms with Crippen LogP contribution in [0.4, 0.5) is 0 Å². The highest BCUT2D eigenvalue weighted by atomic mass is 16.6. The number of phenols is 1. The zero-order chi connectivity index (χ0) is 32.3. The number of benzene rings is 2. The summed E-state index contributed by atoms with van der Waals surface area (Å²) in [4.78, 5) is 52.8. The summed E-state index contributed by atoms with van der Waals surface area (Å²) in [6, 6.07) is 10.4. The zero-order valence-corrected chi connectivity index (χ0v) is 25.4. The van der Waals surface area contributed by atoms with Gasteiger partial charge in [-0.15, -0.1) is 0 Å². The van der Waals surface area contributed by atoms with Crippen molar-refractivity contribution in [1.29, 1.82) is 0 Å². The van der Waals surface area contributed by atoms with Crippen LogP contribution in [0.3, 0.4) is 0 Å². The molecule has 1 fully saturated rings. The van der Waals surface area contributed by atoms with Gasteiger partial charge in [0.25, 0.3) is 5.91 Å². The Kier molecular flexibility index (Phi) is 7.60. The lowest BCUT2D eigenvalue weighted by atomic mass is 9.50. The van der Waals surface area contributed by atoms with E-state index in [1.165, 1.54) is 20.8 Å². The fraction of sp³-hybridized carbons (Fsp3) is 0.455. The zero-order valence-electron chi connectivity index (χ0n) is 25.4. The SMILES string of the molecule is CC(=O)O[C@H](C(=O)N[C@@H](C)C(=O)OC(C)C(=O)OC1=CC[C@@]2(O)[C@H]3Cc4ccc(O)c5c4[C@@]2(CCN3C)[C@H]1O5)c1ccccc1. The van der Waals surface area contributed by atoms with Gasteiger partial charge in [0.2, 0.25) is 6.10 Å². The average Bonchev–Trinajstić information content (AvgIpc) is 3.37. The van der Waals surface area contributed by atoms with Crippen molar-refractivity contribution < 1.29 is 48.3 Å². The van der Waals surface area contributed by atoms with Crippen LogP contribution in [-0.4, -0.2) is 82.4 Å². The molecule has 2 aliphatic heterocycles. The van der Waals surface area contributed by atoms with Crippen LogP contribution < -0.4 is 10.1 Å². The molecule has 0 aromatic heterocycles. The number of piperidine rings is 1. The summed E-state index contributed by atoms with van der Waals surface area (Å²) in [5.74, 6) is -2.78. The minimum absolute atomic E-state index is 0.0514. The van der Waals surface area contributed by atoms with Crippen molar-refractivity contribution in [2.75, 3.05) is 13.6 Å². The van der Waals surface area contributed by atoms with E-state index in [0.717, 1.165) is 11.1 Å². The molecule has 7 atom stereocenters. The molecular formula is C33H36N2O10. The van der Waals surface area contributed by atoms with E-state index in [1.807, 2.05) is 13.1 Å². The minimum Gasteiger partial charge on any atom is -0.504 e. The maximum Gasteiger partial charge on any atom is 0.352 e. The Morgan fingerprint density at radius 2 is 1.80 bits per heavy atom. The second-order valence-electron chi connectivity index (χ2n) is 12.2. The topological polar surface area (TPSA) is 161 Å². The summed E-state index contributed by atoms with van der Waals surface area (Å²) in [5.41, 5.74) is -0.0116. The highest BCUT2D eigenvalue weighted by molar-refractivity contribution is 5.89. The second kappa shape index (κ2) is 11.2. The van der Waals surface area contributed by atoms with Crippen LogP contribution in [0, 0.1) is 0 Å². The van der Waals surface area contributed by atoms with Crippen molar-refractivity contribution >= 4 is 23.8 Å².